The molecule has 1 aromatic rings. The summed E-state index contributed by atoms with van der Waals surface area (Å²) in [5.41, 5.74) is -0.282. The van der Waals surface area contributed by atoms with E-state index in [4.69, 9.17) is 9.84 Å². The number of benzene rings is 1. The molecular formula is C14H21NO3. The van der Waals surface area contributed by atoms with Crippen LogP contribution >= 0.6 is 0 Å². The van der Waals surface area contributed by atoms with Crippen molar-refractivity contribution in [2.45, 2.75) is 20.3 Å². The lowest BCUT2D eigenvalue weighted by Crippen LogP contribution is -2.36. The van der Waals surface area contributed by atoms with E-state index in [1.807, 2.05) is 44.2 Å². The van der Waals surface area contributed by atoms with Gasteiger partial charge in [-0.1, -0.05) is 32.0 Å². The first-order valence-electron chi connectivity index (χ1n) is 6.09. The third-order valence-electron chi connectivity index (χ3n) is 2.53. The Balaban J connectivity index is 2.18. The van der Waals surface area contributed by atoms with Crippen LogP contribution in [0.3, 0.4) is 0 Å². The van der Waals surface area contributed by atoms with Crippen molar-refractivity contribution in [2.24, 2.45) is 5.41 Å². The van der Waals surface area contributed by atoms with E-state index in [0.717, 1.165) is 5.75 Å². The molecule has 0 bridgehead atoms. The van der Waals surface area contributed by atoms with Gasteiger partial charge >= 0.3 is 0 Å². The van der Waals surface area contributed by atoms with Crippen molar-refractivity contribution in [3.05, 3.63) is 30.3 Å². The number of nitrogens with one attached hydrogen (secondary N) is 1. The predicted octanol–water partition coefficient (Wildman–Crippen LogP) is 1.59. The smallest absolute Gasteiger partial charge is 0.223 e. The molecule has 0 spiro atoms. The molecule has 0 aliphatic carbocycles. The number of aliphatic hydroxyl groups is 1. The summed E-state index contributed by atoms with van der Waals surface area (Å²) >= 11 is 0. The van der Waals surface area contributed by atoms with Crippen molar-refractivity contribution in [3.8, 4) is 5.75 Å². The van der Waals surface area contributed by atoms with E-state index in [0.29, 0.717) is 19.6 Å². The number of ether oxygens (including phenoxy) is 1. The Morgan fingerprint density at radius 3 is 2.61 bits per heavy atom. The van der Waals surface area contributed by atoms with Crippen molar-refractivity contribution >= 4 is 5.91 Å². The minimum absolute atomic E-state index is 0.0494. The predicted molar refractivity (Wildman–Crippen MR) is 70.4 cm³/mol. The van der Waals surface area contributed by atoms with E-state index in [-0.39, 0.29) is 17.9 Å². The third-order valence-corrected chi connectivity index (χ3v) is 2.53. The van der Waals surface area contributed by atoms with Crippen LogP contribution in [0.2, 0.25) is 0 Å². The molecule has 0 heterocycles. The van der Waals surface area contributed by atoms with E-state index in [1.165, 1.54) is 0 Å². The molecule has 1 aromatic carbocycles. The molecule has 0 atom stereocenters. The lowest BCUT2D eigenvalue weighted by molar-refractivity contribution is -0.122. The summed E-state index contributed by atoms with van der Waals surface area (Å²) in [5.74, 6) is 0.702. The molecule has 4 heteroatoms. The largest absolute Gasteiger partial charge is 0.493 e. The molecule has 0 saturated heterocycles. The van der Waals surface area contributed by atoms with Gasteiger partial charge in [0.1, 0.15) is 5.75 Å². The maximum absolute atomic E-state index is 11.5. The summed E-state index contributed by atoms with van der Waals surface area (Å²) in [6.45, 7) is 4.67. The summed E-state index contributed by atoms with van der Waals surface area (Å²) in [4.78, 5) is 11.5. The standard InChI is InChI=1S/C14H21NO3/c1-14(2,11-16)10-15-13(17)8-9-18-12-6-4-3-5-7-12/h3-7,16H,8-11H2,1-2H3,(H,15,17). The number of carbonyl (C=O) groups excluding carboxylic acids is 1. The van der Waals surface area contributed by atoms with Crippen LogP contribution in [0.15, 0.2) is 30.3 Å². The number of rotatable bonds is 7. The minimum Gasteiger partial charge on any atom is -0.493 e. The molecule has 100 valence electrons. The van der Waals surface area contributed by atoms with Gasteiger partial charge in [0.2, 0.25) is 5.91 Å². The van der Waals surface area contributed by atoms with Gasteiger partial charge in [0.25, 0.3) is 0 Å². The van der Waals surface area contributed by atoms with Gasteiger partial charge in [-0.3, -0.25) is 4.79 Å². The minimum atomic E-state index is -0.282. The van der Waals surface area contributed by atoms with Crippen LogP contribution in [0.1, 0.15) is 20.3 Å². The van der Waals surface area contributed by atoms with E-state index in [1.54, 1.807) is 0 Å². The van der Waals surface area contributed by atoms with Crippen LogP contribution in [-0.2, 0) is 4.79 Å². The molecule has 18 heavy (non-hydrogen) atoms. The van der Waals surface area contributed by atoms with Gasteiger partial charge in [0, 0.05) is 18.6 Å². The number of hydrogen-bond donors (Lipinski definition) is 2. The first-order chi connectivity index (χ1) is 8.53. The van der Waals surface area contributed by atoms with Crippen molar-refractivity contribution in [1.29, 1.82) is 0 Å². The van der Waals surface area contributed by atoms with Crippen molar-refractivity contribution in [3.63, 3.8) is 0 Å². The second kappa shape index (κ2) is 7.01. The number of amides is 1. The van der Waals surface area contributed by atoms with Gasteiger partial charge in [-0.15, -0.1) is 0 Å². The quantitative estimate of drug-likeness (QED) is 0.773. The lowest BCUT2D eigenvalue weighted by Gasteiger charge is -2.21. The van der Waals surface area contributed by atoms with Gasteiger partial charge in [-0.2, -0.15) is 0 Å². The summed E-state index contributed by atoms with van der Waals surface area (Å²) in [7, 11) is 0. The molecule has 0 aliphatic heterocycles. The Kier molecular flexibility index (Phi) is 5.65. The third kappa shape index (κ3) is 5.68. The van der Waals surface area contributed by atoms with Crippen LogP contribution in [0.5, 0.6) is 5.75 Å². The summed E-state index contributed by atoms with van der Waals surface area (Å²) < 4.78 is 5.42. The van der Waals surface area contributed by atoms with Crippen molar-refractivity contribution in [2.75, 3.05) is 19.8 Å². The second-order valence-corrected chi connectivity index (χ2v) is 5.01. The first kappa shape index (κ1) is 14.5. The Labute approximate surface area is 108 Å². The zero-order valence-electron chi connectivity index (χ0n) is 11.0. The average molecular weight is 251 g/mol. The molecular weight excluding hydrogens is 230 g/mol. The number of para-hydroxylation sites is 1. The zero-order chi connectivity index (χ0) is 13.4. The van der Waals surface area contributed by atoms with Gasteiger partial charge in [0.05, 0.1) is 13.0 Å². The lowest BCUT2D eigenvalue weighted by atomic mass is 9.95. The zero-order valence-corrected chi connectivity index (χ0v) is 11.0. The van der Waals surface area contributed by atoms with Gasteiger partial charge < -0.3 is 15.2 Å². The SMILES string of the molecule is CC(C)(CO)CNC(=O)CCOc1ccccc1. The Morgan fingerprint density at radius 2 is 2.00 bits per heavy atom. The van der Waals surface area contributed by atoms with Crippen molar-refractivity contribution < 1.29 is 14.6 Å². The van der Waals surface area contributed by atoms with E-state index < -0.39 is 0 Å². The van der Waals surface area contributed by atoms with E-state index in [9.17, 15) is 4.79 Å². The topological polar surface area (TPSA) is 58.6 Å². The van der Waals surface area contributed by atoms with Crippen LogP contribution < -0.4 is 10.1 Å². The molecule has 4 nitrogen and oxygen atoms in total. The highest BCUT2D eigenvalue weighted by molar-refractivity contribution is 5.76. The fraction of sp³-hybridized carbons (Fsp3) is 0.500. The summed E-state index contributed by atoms with van der Waals surface area (Å²) in [5, 5.41) is 11.8. The monoisotopic (exact) mass is 251 g/mol. The summed E-state index contributed by atoms with van der Waals surface area (Å²) in [6.07, 6.45) is 0.316. The fourth-order valence-electron chi connectivity index (χ4n) is 1.26. The Bertz CT molecular complexity index is 363. The van der Waals surface area contributed by atoms with Crippen LogP contribution in [0.4, 0.5) is 0 Å². The van der Waals surface area contributed by atoms with Gasteiger partial charge in [-0.05, 0) is 12.1 Å². The highest BCUT2D eigenvalue weighted by atomic mass is 16.5. The molecule has 1 rings (SSSR count). The maximum Gasteiger partial charge on any atom is 0.223 e. The van der Waals surface area contributed by atoms with Crippen molar-refractivity contribution in [1.82, 2.24) is 5.32 Å². The van der Waals surface area contributed by atoms with E-state index >= 15 is 0 Å². The second-order valence-electron chi connectivity index (χ2n) is 5.01. The average Bonchev–Trinajstić information content (AvgIpc) is 2.38. The highest BCUT2D eigenvalue weighted by Gasteiger charge is 2.17. The molecule has 0 unspecified atom stereocenters. The first-order valence-corrected chi connectivity index (χ1v) is 6.09. The van der Waals surface area contributed by atoms with Crippen LogP contribution in [0, 0.1) is 5.41 Å². The molecule has 1 amide bonds. The van der Waals surface area contributed by atoms with Gasteiger partial charge in [-0.25, -0.2) is 0 Å². The Morgan fingerprint density at radius 1 is 1.33 bits per heavy atom. The highest BCUT2D eigenvalue weighted by Crippen LogP contribution is 2.11. The maximum atomic E-state index is 11.5. The number of carbonyl (C=O) groups is 1. The molecule has 0 aromatic heterocycles. The fourth-order valence-corrected chi connectivity index (χ4v) is 1.26. The molecule has 0 saturated carbocycles. The summed E-state index contributed by atoms with van der Waals surface area (Å²) in [6, 6.07) is 9.40. The van der Waals surface area contributed by atoms with Crippen LogP contribution in [-0.4, -0.2) is 30.8 Å². The number of hydrogen-bond acceptors (Lipinski definition) is 3. The van der Waals surface area contributed by atoms with Crippen LogP contribution in [0.25, 0.3) is 0 Å². The Hall–Kier alpha value is -1.55. The van der Waals surface area contributed by atoms with E-state index in [2.05, 4.69) is 5.32 Å². The molecule has 2 N–H and O–H groups in total. The molecule has 0 radical (unpaired) electrons. The number of aliphatic hydroxyl groups excluding tert-OH is 1. The normalized spacial score (nSPS) is 11.1. The molecule has 0 aliphatic rings. The van der Waals surface area contributed by atoms with Gasteiger partial charge in [0.15, 0.2) is 0 Å². The molecule has 0 fully saturated rings.